The van der Waals surface area contributed by atoms with Crippen LogP contribution in [0.2, 0.25) is 0 Å². The quantitative estimate of drug-likeness (QED) is 0.528. The smallest absolute Gasteiger partial charge is 0.243 e. The molecule has 0 spiro atoms. The first kappa shape index (κ1) is 3.28. The van der Waals surface area contributed by atoms with Gasteiger partial charge in [0, 0.05) is 6.04 Å². The van der Waals surface area contributed by atoms with Crippen LogP contribution in [-0.2, 0) is 4.79 Å². The van der Waals surface area contributed by atoms with Crippen molar-refractivity contribution >= 4 is 5.91 Å². The molecule has 0 radical (unpaired) electrons. The molecule has 0 unspecified atom stereocenters. The Morgan fingerprint density at radius 3 is 3.12 bits per heavy atom. The summed E-state index contributed by atoms with van der Waals surface area (Å²) < 4.78 is 20.2. The fourth-order valence-electron chi connectivity index (χ4n) is 0.298. The molecule has 0 rings (SSSR count). The highest BCUT2D eigenvalue weighted by atomic mass is 16.1. The molecule has 0 aromatic rings. The summed E-state index contributed by atoms with van der Waals surface area (Å²) in [4.78, 5) is 10.8. The minimum absolute atomic E-state index is 0.0674. The first-order chi connectivity index (χ1) is 4.95. The Balaban J connectivity index is 4.17. The number of hydrogen-bond donors (Lipinski definition) is 1. The van der Waals surface area contributed by atoms with Crippen LogP contribution in [-0.4, -0.2) is 11.9 Å². The molecule has 1 amide bonds. The van der Waals surface area contributed by atoms with E-state index in [9.17, 15) is 4.79 Å². The zero-order valence-corrected chi connectivity index (χ0v) is 4.99. The normalized spacial score (nSPS) is 13.6. The molecule has 0 aromatic carbocycles. The largest absolute Gasteiger partial charge is 0.350 e. The van der Waals surface area contributed by atoms with Crippen molar-refractivity contribution in [3.63, 3.8) is 0 Å². The Bertz CT molecular complexity index is 184. The molecule has 8 heavy (non-hydrogen) atoms. The molecule has 2 nitrogen and oxygen atoms in total. The number of hydrogen-bond acceptors (Lipinski definition) is 1. The van der Waals surface area contributed by atoms with Gasteiger partial charge in [0.15, 0.2) is 0 Å². The Morgan fingerprint density at radius 1 is 2.12 bits per heavy atom. The second-order valence-corrected chi connectivity index (χ2v) is 1.75. The van der Waals surface area contributed by atoms with Crippen molar-refractivity contribution in [3.8, 4) is 0 Å². The van der Waals surface area contributed by atoms with Gasteiger partial charge >= 0.3 is 0 Å². The summed E-state index contributed by atoms with van der Waals surface area (Å²) in [5.41, 5.74) is 0. The van der Waals surface area contributed by atoms with Crippen molar-refractivity contribution in [2.75, 3.05) is 0 Å². The van der Waals surface area contributed by atoms with E-state index in [2.05, 4.69) is 5.32 Å². The van der Waals surface area contributed by atoms with Crippen LogP contribution in [0.1, 0.15) is 18.0 Å². The lowest BCUT2D eigenvalue weighted by Crippen LogP contribution is -2.27. The maximum Gasteiger partial charge on any atom is 0.243 e. The number of amides is 1. The summed E-state index contributed by atoms with van der Waals surface area (Å²) in [5, 5.41) is 2.40. The lowest BCUT2D eigenvalue weighted by atomic mass is 10.4. The van der Waals surface area contributed by atoms with Gasteiger partial charge in [-0.1, -0.05) is 6.53 Å². The molecule has 2 heteroatoms. The van der Waals surface area contributed by atoms with Gasteiger partial charge in [-0.3, -0.25) is 4.79 Å². The second-order valence-electron chi connectivity index (χ2n) is 1.75. The van der Waals surface area contributed by atoms with Crippen molar-refractivity contribution in [2.45, 2.75) is 19.9 Å². The Labute approximate surface area is 53.8 Å². The van der Waals surface area contributed by atoms with Crippen LogP contribution in [0.25, 0.3) is 0 Å². The summed E-state index contributed by atoms with van der Waals surface area (Å²) >= 11 is 0. The minimum Gasteiger partial charge on any atom is -0.350 e. The van der Waals surface area contributed by atoms with E-state index in [0.29, 0.717) is 0 Å². The van der Waals surface area contributed by atoms with E-state index >= 15 is 0 Å². The van der Waals surface area contributed by atoms with Crippen molar-refractivity contribution in [1.82, 2.24) is 5.32 Å². The van der Waals surface area contributed by atoms with E-state index < -0.39 is 18.5 Å². The highest BCUT2D eigenvalue weighted by Gasteiger charge is 1.93. The Hall–Kier alpha value is -0.790. The van der Waals surface area contributed by atoms with Crippen molar-refractivity contribution in [1.29, 1.82) is 0 Å². The van der Waals surface area contributed by atoms with E-state index in [1.165, 1.54) is 0 Å². The molecule has 0 saturated heterocycles. The molecule has 0 bridgehead atoms. The standard InChI is InChI=1S/C6H11NO/c1-4-6(8)7-5(2)3/h4-5H,1H2,2-3H3,(H,7,8)/i1D2,4D. The third-order valence-electron chi connectivity index (χ3n) is 0.533. The topological polar surface area (TPSA) is 29.1 Å². The van der Waals surface area contributed by atoms with E-state index in [0.717, 1.165) is 0 Å². The summed E-state index contributed by atoms with van der Waals surface area (Å²) in [6.45, 7) is 2.74. The zero-order valence-electron chi connectivity index (χ0n) is 7.99. The monoisotopic (exact) mass is 116 g/mol. The maximum atomic E-state index is 10.8. The van der Waals surface area contributed by atoms with Crippen molar-refractivity contribution < 1.29 is 8.91 Å². The van der Waals surface area contributed by atoms with Gasteiger partial charge in [0.1, 0.15) is 0 Å². The van der Waals surface area contributed by atoms with Crippen molar-refractivity contribution in [3.05, 3.63) is 12.6 Å². The van der Waals surface area contributed by atoms with Crippen LogP contribution < -0.4 is 5.32 Å². The maximum absolute atomic E-state index is 10.8. The summed E-state index contributed by atoms with van der Waals surface area (Å²) in [6.07, 6.45) is 0. The van der Waals surface area contributed by atoms with Gasteiger partial charge in [-0.15, -0.1) is 0 Å². The Morgan fingerprint density at radius 2 is 2.75 bits per heavy atom. The summed E-state index contributed by atoms with van der Waals surface area (Å²) in [7, 11) is 0. The zero-order chi connectivity index (χ0) is 9.02. The van der Waals surface area contributed by atoms with E-state index in [-0.39, 0.29) is 6.04 Å². The molecule has 0 aromatic heterocycles. The lowest BCUT2D eigenvalue weighted by molar-refractivity contribution is -0.116. The average molecular weight is 116 g/mol. The van der Waals surface area contributed by atoms with Gasteiger partial charge < -0.3 is 5.32 Å². The van der Waals surface area contributed by atoms with Gasteiger partial charge in [-0.25, -0.2) is 0 Å². The molecule has 0 aliphatic rings. The molecular weight excluding hydrogens is 102 g/mol. The first-order valence-corrected chi connectivity index (χ1v) is 2.40. The van der Waals surface area contributed by atoms with Crippen LogP contribution in [0.5, 0.6) is 0 Å². The van der Waals surface area contributed by atoms with E-state index in [1.54, 1.807) is 13.8 Å². The van der Waals surface area contributed by atoms with Crippen molar-refractivity contribution in [2.24, 2.45) is 0 Å². The van der Waals surface area contributed by atoms with Crippen LogP contribution in [0.15, 0.2) is 12.6 Å². The number of carbonyl (C=O) groups excluding carboxylic acids is 1. The summed E-state index contributed by atoms with van der Waals surface area (Å²) in [6, 6.07) is -0.666. The first-order valence-electron chi connectivity index (χ1n) is 3.90. The van der Waals surface area contributed by atoms with Crippen LogP contribution >= 0.6 is 0 Å². The molecule has 46 valence electrons. The molecular formula is C6H11NO. The van der Waals surface area contributed by atoms with Gasteiger partial charge in [0.2, 0.25) is 5.91 Å². The summed E-state index contributed by atoms with van der Waals surface area (Å²) in [5.74, 6) is -0.667. The number of nitrogens with one attached hydrogen (secondary N) is 1. The predicted molar refractivity (Wildman–Crippen MR) is 33.5 cm³/mol. The third kappa shape index (κ3) is 3.40. The highest BCUT2D eigenvalue weighted by molar-refractivity contribution is 5.86. The second kappa shape index (κ2) is 3.24. The fourth-order valence-corrected chi connectivity index (χ4v) is 0.298. The molecule has 0 aliphatic heterocycles. The van der Waals surface area contributed by atoms with Gasteiger partial charge in [-0.2, -0.15) is 0 Å². The van der Waals surface area contributed by atoms with E-state index in [4.69, 9.17) is 4.11 Å². The van der Waals surface area contributed by atoms with Gasteiger partial charge in [0.25, 0.3) is 0 Å². The molecule has 0 aliphatic carbocycles. The van der Waals surface area contributed by atoms with Crippen LogP contribution in [0.3, 0.4) is 0 Å². The van der Waals surface area contributed by atoms with Gasteiger partial charge in [-0.05, 0) is 19.9 Å². The number of carbonyl (C=O) groups is 1. The SMILES string of the molecule is [2H]C([2H])=C([2H])C(=O)NC(C)C. The van der Waals surface area contributed by atoms with Gasteiger partial charge in [0.05, 0.1) is 4.11 Å². The fraction of sp³-hybridized carbons (Fsp3) is 0.500. The third-order valence-corrected chi connectivity index (χ3v) is 0.533. The highest BCUT2D eigenvalue weighted by Crippen LogP contribution is 1.75. The minimum atomic E-state index is -0.761. The van der Waals surface area contributed by atoms with E-state index in [1.807, 2.05) is 0 Å². The lowest BCUT2D eigenvalue weighted by Gasteiger charge is -2.02. The van der Waals surface area contributed by atoms with Crippen LogP contribution in [0.4, 0.5) is 0 Å². The molecule has 0 heterocycles. The van der Waals surface area contributed by atoms with Crippen LogP contribution in [0, 0.1) is 0 Å². The Kier molecular flexibility index (Phi) is 1.33. The molecule has 1 N–H and O–H groups in total. The number of rotatable bonds is 2. The molecule has 0 saturated carbocycles. The average Bonchev–Trinajstić information content (AvgIpc) is 1.84. The molecule has 0 atom stereocenters. The molecule has 0 fully saturated rings. The predicted octanol–water partition coefficient (Wildman–Crippen LogP) is 0.697.